The van der Waals surface area contributed by atoms with Crippen LogP contribution in [-0.4, -0.2) is 84.9 Å². The number of alkyl halides is 1. The Morgan fingerprint density at radius 1 is 1.07 bits per heavy atom. The van der Waals surface area contributed by atoms with Gasteiger partial charge in [0.15, 0.2) is 6.04 Å². The van der Waals surface area contributed by atoms with E-state index >= 15 is 0 Å². The number of rotatable bonds is 5. The molecule has 1 aliphatic carbocycles. The number of hydrogen-bond donors (Lipinski definition) is 1. The van der Waals surface area contributed by atoms with Crippen molar-refractivity contribution in [3.05, 3.63) is 0 Å². The fourth-order valence-corrected chi connectivity index (χ4v) is 4.41. The number of quaternary nitrogens is 1. The zero-order chi connectivity index (χ0) is 20.3. The molecule has 2 rings (SSSR count). The number of likely N-dealkylation sites (tertiary alicyclic amines) is 1. The molecule has 8 heteroatoms. The third-order valence-electron chi connectivity index (χ3n) is 6.21. The Kier molecular flexibility index (Phi) is 7.19. The Labute approximate surface area is 161 Å². The highest BCUT2D eigenvalue weighted by molar-refractivity contribution is 5.89. The fraction of sp³-hybridized carbons (Fsp3) is 0.842. The third-order valence-corrected chi connectivity index (χ3v) is 6.21. The maximum absolute atomic E-state index is 13.5. The van der Waals surface area contributed by atoms with Crippen LogP contribution >= 0.6 is 0 Å². The standard InChI is InChI=1S/C19H33FN4O3/c1-12(25)23(4)15-7-5-13(6-8-15)16(18(26)22(2)3)17(21)19(27)24-10-9-14(20)11-24/h13-17H,5-11,21H2,1-4H3/p+1/t13?,14-,15?,16-,17-/m0/s1. The monoisotopic (exact) mass is 385 g/mol. The molecule has 1 heterocycles. The van der Waals surface area contributed by atoms with Crippen LogP contribution in [0, 0.1) is 11.8 Å². The first-order chi connectivity index (χ1) is 12.6. The van der Waals surface area contributed by atoms with Crippen LogP contribution in [0.1, 0.15) is 39.0 Å². The lowest BCUT2D eigenvalue weighted by Gasteiger charge is -2.38. The summed E-state index contributed by atoms with van der Waals surface area (Å²) in [5.74, 6) is -0.734. The Morgan fingerprint density at radius 3 is 2.11 bits per heavy atom. The van der Waals surface area contributed by atoms with Gasteiger partial charge in [-0.25, -0.2) is 4.39 Å². The molecule has 154 valence electrons. The predicted molar refractivity (Wildman–Crippen MR) is 99.1 cm³/mol. The summed E-state index contributed by atoms with van der Waals surface area (Å²) in [7, 11) is 5.19. The molecule has 3 amide bonds. The van der Waals surface area contributed by atoms with E-state index in [2.05, 4.69) is 5.73 Å². The zero-order valence-electron chi connectivity index (χ0n) is 17.0. The van der Waals surface area contributed by atoms with Gasteiger partial charge in [0, 0.05) is 40.7 Å². The van der Waals surface area contributed by atoms with Gasteiger partial charge in [0.2, 0.25) is 11.8 Å². The molecule has 2 aliphatic rings. The van der Waals surface area contributed by atoms with Gasteiger partial charge in [-0.3, -0.25) is 14.4 Å². The molecule has 3 atom stereocenters. The summed E-state index contributed by atoms with van der Waals surface area (Å²) < 4.78 is 13.5. The van der Waals surface area contributed by atoms with Crippen molar-refractivity contribution < 1.29 is 24.5 Å². The number of amides is 3. The molecule has 0 aromatic rings. The van der Waals surface area contributed by atoms with Crippen molar-refractivity contribution in [3.8, 4) is 0 Å². The van der Waals surface area contributed by atoms with Gasteiger partial charge in [-0.15, -0.1) is 0 Å². The van der Waals surface area contributed by atoms with Crippen LogP contribution in [0.3, 0.4) is 0 Å². The molecule has 0 bridgehead atoms. The minimum atomic E-state index is -0.985. The number of carbonyl (C=O) groups excluding carboxylic acids is 3. The predicted octanol–water partition coefficient (Wildman–Crippen LogP) is -0.0912. The van der Waals surface area contributed by atoms with Gasteiger partial charge in [0.25, 0.3) is 5.91 Å². The molecule has 0 spiro atoms. The second kappa shape index (κ2) is 8.99. The quantitative estimate of drug-likeness (QED) is 0.717. The second-order valence-electron chi connectivity index (χ2n) is 8.23. The minimum absolute atomic E-state index is 0.0411. The van der Waals surface area contributed by atoms with Crippen molar-refractivity contribution in [1.29, 1.82) is 0 Å². The molecule has 2 fully saturated rings. The van der Waals surface area contributed by atoms with Crippen molar-refractivity contribution in [3.63, 3.8) is 0 Å². The van der Waals surface area contributed by atoms with Crippen molar-refractivity contribution in [1.82, 2.24) is 14.7 Å². The highest BCUT2D eigenvalue weighted by Crippen LogP contribution is 2.34. The van der Waals surface area contributed by atoms with Crippen LogP contribution in [0.4, 0.5) is 4.39 Å². The van der Waals surface area contributed by atoms with Gasteiger partial charge in [-0.1, -0.05) is 0 Å². The van der Waals surface area contributed by atoms with Gasteiger partial charge in [0.05, 0.1) is 6.54 Å². The lowest BCUT2D eigenvalue weighted by molar-refractivity contribution is -0.418. The number of carbonyl (C=O) groups is 3. The Morgan fingerprint density at radius 2 is 1.67 bits per heavy atom. The molecule has 0 aromatic carbocycles. The SMILES string of the molecule is CC(=O)N(C)C1CCC([C@H](C(=O)N(C)C)[C@H]([NH3+])C(=O)N2CC[C@H](F)C2)CC1. The first kappa shape index (κ1) is 21.6. The smallest absolute Gasteiger partial charge is 0.281 e. The zero-order valence-corrected chi connectivity index (χ0v) is 17.0. The minimum Gasteiger partial charge on any atom is -0.348 e. The van der Waals surface area contributed by atoms with E-state index in [0.717, 1.165) is 25.7 Å². The van der Waals surface area contributed by atoms with E-state index < -0.39 is 18.1 Å². The van der Waals surface area contributed by atoms with Gasteiger partial charge in [-0.2, -0.15) is 0 Å². The third kappa shape index (κ3) is 4.97. The van der Waals surface area contributed by atoms with Crippen LogP contribution in [0.5, 0.6) is 0 Å². The molecule has 3 N–H and O–H groups in total. The molecule has 1 aliphatic heterocycles. The molecular formula is C19H34FN4O3+. The summed E-state index contributed by atoms with van der Waals surface area (Å²) in [6, 6.07) is -0.531. The summed E-state index contributed by atoms with van der Waals surface area (Å²) in [6.07, 6.45) is 2.55. The van der Waals surface area contributed by atoms with Crippen LogP contribution in [0.25, 0.3) is 0 Å². The van der Waals surface area contributed by atoms with E-state index in [1.54, 1.807) is 25.9 Å². The molecule has 0 unspecified atom stereocenters. The average Bonchev–Trinajstić information content (AvgIpc) is 3.07. The fourth-order valence-electron chi connectivity index (χ4n) is 4.41. The second-order valence-corrected chi connectivity index (χ2v) is 8.23. The van der Waals surface area contributed by atoms with Gasteiger partial charge >= 0.3 is 0 Å². The van der Waals surface area contributed by atoms with Gasteiger partial charge in [-0.05, 0) is 38.0 Å². The lowest BCUT2D eigenvalue weighted by Crippen LogP contribution is -2.73. The first-order valence-electron chi connectivity index (χ1n) is 9.84. The van der Waals surface area contributed by atoms with Crippen LogP contribution in [-0.2, 0) is 14.4 Å². The van der Waals surface area contributed by atoms with E-state index in [-0.39, 0.29) is 36.2 Å². The maximum Gasteiger partial charge on any atom is 0.281 e. The molecule has 0 radical (unpaired) electrons. The first-order valence-corrected chi connectivity index (χ1v) is 9.84. The highest BCUT2D eigenvalue weighted by Gasteiger charge is 2.45. The molecule has 1 saturated carbocycles. The molecule has 1 saturated heterocycles. The molecule has 0 aromatic heterocycles. The Balaban J connectivity index is 2.10. The normalized spacial score (nSPS) is 27.8. The Hall–Kier alpha value is -1.70. The number of halogens is 1. The molecule has 27 heavy (non-hydrogen) atoms. The summed E-state index contributed by atoms with van der Waals surface area (Å²) in [5, 5.41) is 0. The largest absolute Gasteiger partial charge is 0.348 e. The number of hydrogen-bond acceptors (Lipinski definition) is 3. The van der Waals surface area contributed by atoms with Crippen molar-refractivity contribution in [2.45, 2.75) is 57.3 Å². The van der Waals surface area contributed by atoms with E-state index in [9.17, 15) is 18.8 Å². The topological polar surface area (TPSA) is 88.6 Å². The summed E-state index contributed by atoms with van der Waals surface area (Å²) in [6.45, 7) is 2.05. The van der Waals surface area contributed by atoms with E-state index in [1.165, 1.54) is 9.80 Å². The van der Waals surface area contributed by atoms with E-state index in [4.69, 9.17) is 0 Å². The lowest BCUT2D eigenvalue weighted by atomic mass is 9.74. The van der Waals surface area contributed by atoms with Crippen molar-refractivity contribution in [2.24, 2.45) is 11.8 Å². The molecular weight excluding hydrogens is 351 g/mol. The summed E-state index contributed by atoms with van der Waals surface area (Å²) >= 11 is 0. The molecule has 7 nitrogen and oxygen atoms in total. The Bertz CT molecular complexity index is 563. The summed E-state index contributed by atoms with van der Waals surface area (Å²) in [5.41, 5.74) is 4.04. The maximum atomic E-state index is 13.5. The van der Waals surface area contributed by atoms with Gasteiger partial charge in [0.1, 0.15) is 12.1 Å². The van der Waals surface area contributed by atoms with Crippen LogP contribution in [0.2, 0.25) is 0 Å². The van der Waals surface area contributed by atoms with E-state index in [0.29, 0.717) is 13.0 Å². The average molecular weight is 386 g/mol. The van der Waals surface area contributed by atoms with Crippen LogP contribution < -0.4 is 5.73 Å². The van der Waals surface area contributed by atoms with Crippen LogP contribution in [0.15, 0.2) is 0 Å². The summed E-state index contributed by atoms with van der Waals surface area (Å²) in [4.78, 5) is 42.1. The number of nitrogens with zero attached hydrogens (tertiary/aromatic N) is 3. The van der Waals surface area contributed by atoms with Crippen molar-refractivity contribution >= 4 is 17.7 Å². The van der Waals surface area contributed by atoms with Gasteiger partial charge < -0.3 is 20.4 Å². The van der Waals surface area contributed by atoms with Crippen molar-refractivity contribution in [2.75, 3.05) is 34.2 Å². The van der Waals surface area contributed by atoms with E-state index in [1.807, 2.05) is 7.05 Å². The highest BCUT2D eigenvalue weighted by atomic mass is 19.1.